The number of aromatic nitrogens is 4. The normalized spacial score (nSPS) is 20.9. The van der Waals surface area contributed by atoms with Crippen molar-refractivity contribution >= 4 is 22.8 Å². The first kappa shape index (κ1) is 10.7. The fourth-order valence-electron chi connectivity index (χ4n) is 2.16. The van der Waals surface area contributed by atoms with Crippen molar-refractivity contribution in [2.75, 3.05) is 13.2 Å². The summed E-state index contributed by atoms with van der Waals surface area (Å²) in [7, 11) is 0. The minimum absolute atomic E-state index is 0.0240. The predicted molar refractivity (Wildman–Crippen MR) is 62.2 cm³/mol. The van der Waals surface area contributed by atoms with Crippen LogP contribution in [0.2, 0.25) is 5.28 Å². The Morgan fingerprint density at radius 3 is 3.24 bits per heavy atom. The summed E-state index contributed by atoms with van der Waals surface area (Å²) in [6.45, 7) is 1.29. The Bertz CT molecular complexity index is 600. The van der Waals surface area contributed by atoms with E-state index in [1.165, 1.54) is 6.20 Å². The average molecular weight is 255 g/mol. The smallest absolute Gasteiger partial charge is 0.328 e. The lowest BCUT2D eigenvalue weighted by atomic mass is 10.1. The second-order valence-electron chi connectivity index (χ2n) is 4.05. The van der Waals surface area contributed by atoms with Crippen molar-refractivity contribution in [2.45, 2.75) is 18.9 Å². The van der Waals surface area contributed by atoms with E-state index in [1.54, 1.807) is 4.57 Å². The largest absolute Gasteiger partial charge is 0.379 e. The number of aromatic amines is 1. The highest BCUT2D eigenvalue weighted by Gasteiger charge is 2.21. The van der Waals surface area contributed by atoms with E-state index in [-0.39, 0.29) is 17.0 Å². The van der Waals surface area contributed by atoms with Gasteiger partial charge in [-0.3, -0.25) is 4.57 Å². The first-order chi connectivity index (χ1) is 8.25. The molecule has 2 aromatic rings. The first-order valence-electron chi connectivity index (χ1n) is 5.46. The molecule has 0 aromatic carbocycles. The Kier molecular flexibility index (Phi) is 2.60. The fraction of sp³-hybridized carbons (Fsp3) is 0.500. The van der Waals surface area contributed by atoms with Crippen LogP contribution in [0.5, 0.6) is 0 Å². The van der Waals surface area contributed by atoms with Crippen molar-refractivity contribution in [1.29, 1.82) is 0 Å². The van der Waals surface area contributed by atoms with Crippen LogP contribution in [0.3, 0.4) is 0 Å². The molecule has 0 saturated carbocycles. The zero-order valence-electron chi connectivity index (χ0n) is 9.02. The standard InChI is InChI=1S/C10H11ClN4O2/c11-9-12-4-7-8(14-9)15(10(16)13-7)6-2-1-3-17-5-6/h4,6H,1-3,5H2,(H,13,16)/t6-/m1/s1. The summed E-state index contributed by atoms with van der Waals surface area (Å²) in [6.07, 6.45) is 3.38. The maximum absolute atomic E-state index is 11.9. The molecule has 17 heavy (non-hydrogen) atoms. The van der Waals surface area contributed by atoms with Gasteiger partial charge in [0.25, 0.3) is 0 Å². The second-order valence-corrected chi connectivity index (χ2v) is 4.39. The molecule has 0 amide bonds. The molecule has 0 bridgehead atoms. The van der Waals surface area contributed by atoms with Gasteiger partial charge in [0, 0.05) is 6.61 Å². The van der Waals surface area contributed by atoms with Gasteiger partial charge in [0.05, 0.1) is 18.8 Å². The zero-order chi connectivity index (χ0) is 11.8. The van der Waals surface area contributed by atoms with Gasteiger partial charge >= 0.3 is 5.69 Å². The third-order valence-corrected chi connectivity index (χ3v) is 3.11. The number of nitrogens with zero attached hydrogens (tertiary/aromatic N) is 3. The highest BCUT2D eigenvalue weighted by Crippen LogP contribution is 2.21. The number of ether oxygens (including phenoxy) is 1. The molecule has 1 N–H and O–H groups in total. The number of halogens is 1. The molecule has 90 valence electrons. The molecule has 1 aliphatic rings. The van der Waals surface area contributed by atoms with E-state index in [0.29, 0.717) is 17.8 Å². The molecule has 3 heterocycles. The molecule has 7 heteroatoms. The minimum Gasteiger partial charge on any atom is -0.379 e. The molecular weight excluding hydrogens is 244 g/mol. The first-order valence-corrected chi connectivity index (χ1v) is 5.84. The van der Waals surface area contributed by atoms with Gasteiger partial charge in [0.1, 0.15) is 5.52 Å². The summed E-state index contributed by atoms with van der Waals surface area (Å²) >= 11 is 5.76. The molecule has 0 radical (unpaired) electrons. The second kappa shape index (κ2) is 4.12. The van der Waals surface area contributed by atoms with Gasteiger partial charge in [0.15, 0.2) is 5.65 Å². The van der Waals surface area contributed by atoms with Gasteiger partial charge in [-0.25, -0.2) is 9.78 Å². The maximum Gasteiger partial charge on any atom is 0.328 e. The summed E-state index contributed by atoms with van der Waals surface area (Å²) in [6, 6.07) is 0.0240. The Hall–Kier alpha value is -1.40. The molecule has 1 saturated heterocycles. The number of hydrogen-bond acceptors (Lipinski definition) is 4. The number of rotatable bonds is 1. The summed E-state index contributed by atoms with van der Waals surface area (Å²) in [5.41, 5.74) is 0.961. The number of fused-ring (bicyclic) bond motifs is 1. The van der Waals surface area contributed by atoms with E-state index in [4.69, 9.17) is 16.3 Å². The zero-order valence-corrected chi connectivity index (χ0v) is 9.78. The molecule has 2 aromatic heterocycles. The van der Waals surface area contributed by atoms with Gasteiger partial charge in [-0.05, 0) is 24.4 Å². The van der Waals surface area contributed by atoms with Crippen LogP contribution in [0.25, 0.3) is 11.2 Å². The summed E-state index contributed by atoms with van der Waals surface area (Å²) in [5.74, 6) is 0. The highest BCUT2D eigenvalue weighted by molar-refractivity contribution is 6.28. The summed E-state index contributed by atoms with van der Waals surface area (Å²) in [4.78, 5) is 22.6. The summed E-state index contributed by atoms with van der Waals surface area (Å²) in [5, 5.41) is 0.141. The van der Waals surface area contributed by atoms with Crippen molar-refractivity contribution in [2.24, 2.45) is 0 Å². The molecule has 6 nitrogen and oxygen atoms in total. The fourth-order valence-corrected chi connectivity index (χ4v) is 2.29. The average Bonchev–Trinajstić information content (AvgIpc) is 2.65. The molecular formula is C10H11ClN4O2. The number of hydrogen-bond donors (Lipinski definition) is 1. The van der Waals surface area contributed by atoms with E-state index < -0.39 is 0 Å². The van der Waals surface area contributed by atoms with Gasteiger partial charge in [-0.2, -0.15) is 4.98 Å². The van der Waals surface area contributed by atoms with Crippen LogP contribution >= 0.6 is 11.6 Å². The van der Waals surface area contributed by atoms with Crippen LogP contribution in [0.1, 0.15) is 18.9 Å². The molecule has 1 aliphatic heterocycles. The third-order valence-electron chi connectivity index (χ3n) is 2.93. The predicted octanol–water partition coefficient (Wildman–Crippen LogP) is 1.12. The lowest BCUT2D eigenvalue weighted by Crippen LogP contribution is -2.29. The molecule has 0 aliphatic carbocycles. The van der Waals surface area contributed by atoms with Crippen molar-refractivity contribution in [3.05, 3.63) is 22.0 Å². The number of imidazole rings is 1. The van der Waals surface area contributed by atoms with Crippen molar-refractivity contribution < 1.29 is 4.74 Å². The van der Waals surface area contributed by atoms with Crippen LogP contribution in [-0.2, 0) is 4.74 Å². The molecule has 0 unspecified atom stereocenters. The lowest BCUT2D eigenvalue weighted by Gasteiger charge is -2.22. The highest BCUT2D eigenvalue weighted by atomic mass is 35.5. The van der Waals surface area contributed by atoms with E-state index in [2.05, 4.69) is 15.0 Å². The topological polar surface area (TPSA) is 72.8 Å². The quantitative estimate of drug-likeness (QED) is 0.774. The van der Waals surface area contributed by atoms with Gasteiger partial charge in [-0.15, -0.1) is 0 Å². The lowest BCUT2D eigenvalue weighted by molar-refractivity contribution is 0.0593. The van der Waals surface area contributed by atoms with Crippen LogP contribution in [0.4, 0.5) is 0 Å². The SMILES string of the molecule is O=c1[nH]c2cnc(Cl)nc2n1[C@@H]1CCCOC1. The summed E-state index contributed by atoms with van der Waals surface area (Å²) < 4.78 is 7.00. The molecule has 0 spiro atoms. The Morgan fingerprint density at radius 2 is 2.47 bits per heavy atom. The monoisotopic (exact) mass is 254 g/mol. The maximum atomic E-state index is 11.9. The van der Waals surface area contributed by atoms with E-state index >= 15 is 0 Å². The van der Waals surface area contributed by atoms with Crippen LogP contribution < -0.4 is 5.69 Å². The number of nitrogens with one attached hydrogen (secondary N) is 1. The van der Waals surface area contributed by atoms with Crippen molar-refractivity contribution in [3.63, 3.8) is 0 Å². The van der Waals surface area contributed by atoms with Gasteiger partial charge in [0.2, 0.25) is 5.28 Å². The molecule has 3 rings (SSSR count). The minimum atomic E-state index is -0.188. The van der Waals surface area contributed by atoms with E-state index in [9.17, 15) is 4.79 Å². The molecule has 1 fully saturated rings. The van der Waals surface area contributed by atoms with Gasteiger partial charge < -0.3 is 9.72 Å². The van der Waals surface area contributed by atoms with E-state index in [0.717, 1.165) is 19.4 Å². The van der Waals surface area contributed by atoms with E-state index in [1.807, 2.05) is 0 Å². The molecule has 1 atom stereocenters. The Labute approximate surface area is 102 Å². The Morgan fingerprint density at radius 1 is 1.59 bits per heavy atom. The van der Waals surface area contributed by atoms with Crippen molar-refractivity contribution in [1.82, 2.24) is 19.5 Å². The van der Waals surface area contributed by atoms with Crippen LogP contribution in [-0.4, -0.2) is 32.7 Å². The van der Waals surface area contributed by atoms with Crippen LogP contribution in [0, 0.1) is 0 Å². The Balaban J connectivity index is 2.16. The third kappa shape index (κ3) is 1.83. The number of H-pyrrole nitrogens is 1. The van der Waals surface area contributed by atoms with Crippen molar-refractivity contribution in [3.8, 4) is 0 Å². The van der Waals surface area contributed by atoms with Gasteiger partial charge in [-0.1, -0.05) is 0 Å². The van der Waals surface area contributed by atoms with Crippen LogP contribution in [0.15, 0.2) is 11.0 Å².